The van der Waals surface area contributed by atoms with Gasteiger partial charge in [-0.1, -0.05) is 28.1 Å². The molecule has 4 heteroatoms. The Labute approximate surface area is 118 Å². The predicted molar refractivity (Wildman–Crippen MR) is 79.7 cm³/mol. The lowest BCUT2D eigenvalue weighted by Crippen LogP contribution is -2.28. The highest BCUT2D eigenvalue weighted by atomic mass is 79.9. The van der Waals surface area contributed by atoms with E-state index in [4.69, 9.17) is 9.47 Å². The molecule has 102 valence electrons. The van der Waals surface area contributed by atoms with E-state index >= 15 is 0 Å². The van der Waals surface area contributed by atoms with Gasteiger partial charge in [-0.2, -0.15) is 0 Å². The molecule has 1 aromatic carbocycles. The van der Waals surface area contributed by atoms with Gasteiger partial charge in [0.15, 0.2) is 0 Å². The van der Waals surface area contributed by atoms with E-state index in [2.05, 4.69) is 45.1 Å². The maximum atomic E-state index is 5.16. The molecule has 0 aromatic heterocycles. The quantitative estimate of drug-likeness (QED) is 0.516. The van der Waals surface area contributed by atoms with Gasteiger partial charge < -0.3 is 14.4 Å². The average Bonchev–Trinajstić information content (AvgIpc) is 2.43. The molecule has 0 unspecified atom stereocenters. The number of nitrogens with zero attached hydrogens (tertiary/aromatic N) is 1. The first-order valence-electron chi connectivity index (χ1n) is 6.19. The van der Waals surface area contributed by atoms with Crippen molar-refractivity contribution in [1.82, 2.24) is 0 Å². The number of benzene rings is 1. The van der Waals surface area contributed by atoms with E-state index in [-0.39, 0.29) is 0 Å². The third-order valence-corrected chi connectivity index (χ3v) is 3.45. The monoisotopic (exact) mass is 315 g/mol. The maximum absolute atomic E-state index is 5.16. The number of ether oxygens (including phenoxy) is 2. The summed E-state index contributed by atoms with van der Waals surface area (Å²) >= 11 is 3.46. The fourth-order valence-electron chi connectivity index (χ4n) is 1.77. The van der Waals surface area contributed by atoms with Crippen LogP contribution in [-0.2, 0) is 14.8 Å². The summed E-state index contributed by atoms with van der Waals surface area (Å²) in [5, 5.41) is 0.898. The van der Waals surface area contributed by atoms with E-state index in [1.165, 1.54) is 11.3 Å². The fraction of sp³-hybridized carbons (Fsp3) is 0.571. The minimum atomic E-state index is 0.743. The molecule has 1 aromatic rings. The van der Waals surface area contributed by atoms with Crippen LogP contribution in [0.1, 0.15) is 12.0 Å². The molecule has 0 saturated carbocycles. The summed E-state index contributed by atoms with van der Waals surface area (Å²) in [7, 11) is 3.48. The molecule has 0 aliphatic heterocycles. The predicted octanol–water partition coefficient (Wildman–Crippen LogP) is 3.07. The van der Waals surface area contributed by atoms with Crippen LogP contribution in [0.25, 0.3) is 0 Å². The zero-order valence-corrected chi connectivity index (χ0v) is 12.8. The number of anilines is 1. The number of methoxy groups -OCH3 is 2. The lowest BCUT2D eigenvalue weighted by Gasteiger charge is -2.24. The molecule has 0 N–H and O–H groups in total. The first-order chi connectivity index (χ1) is 8.81. The van der Waals surface area contributed by atoms with Gasteiger partial charge in [0.05, 0.1) is 6.61 Å². The van der Waals surface area contributed by atoms with Crippen LogP contribution >= 0.6 is 15.9 Å². The van der Waals surface area contributed by atoms with Crippen LogP contribution in [0.3, 0.4) is 0 Å². The number of alkyl halides is 1. The first-order valence-corrected chi connectivity index (χ1v) is 7.31. The van der Waals surface area contributed by atoms with Gasteiger partial charge >= 0.3 is 0 Å². The molecule has 1 rings (SSSR count). The Morgan fingerprint density at radius 2 is 1.67 bits per heavy atom. The standard InChI is InChI=1S/C14H22BrNO2/c1-17-10-3-8-16(9-11-18-2)14-6-4-13(12-15)5-7-14/h4-7H,3,8-12H2,1-2H3. The van der Waals surface area contributed by atoms with Crippen molar-refractivity contribution in [2.45, 2.75) is 11.8 Å². The topological polar surface area (TPSA) is 21.7 Å². The minimum Gasteiger partial charge on any atom is -0.385 e. The Hall–Kier alpha value is -0.580. The summed E-state index contributed by atoms with van der Waals surface area (Å²) in [4.78, 5) is 2.33. The molecule has 0 radical (unpaired) electrons. The van der Waals surface area contributed by atoms with Crippen molar-refractivity contribution in [3.63, 3.8) is 0 Å². The van der Waals surface area contributed by atoms with Gasteiger partial charge in [-0.15, -0.1) is 0 Å². The number of rotatable bonds is 9. The molecular weight excluding hydrogens is 294 g/mol. The summed E-state index contributed by atoms with van der Waals surface area (Å²) < 4.78 is 10.3. The normalized spacial score (nSPS) is 10.6. The maximum Gasteiger partial charge on any atom is 0.0637 e. The molecule has 0 bridgehead atoms. The van der Waals surface area contributed by atoms with Crippen molar-refractivity contribution in [3.05, 3.63) is 29.8 Å². The highest BCUT2D eigenvalue weighted by Crippen LogP contribution is 2.17. The van der Waals surface area contributed by atoms with Crippen LogP contribution in [-0.4, -0.2) is 40.5 Å². The van der Waals surface area contributed by atoms with E-state index in [1.54, 1.807) is 14.2 Å². The molecule has 0 saturated heterocycles. The van der Waals surface area contributed by atoms with E-state index in [0.717, 1.165) is 38.1 Å². The molecule has 18 heavy (non-hydrogen) atoms. The second kappa shape index (κ2) is 9.36. The molecule has 0 aliphatic carbocycles. The van der Waals surface area contributed by atoms with Crippen LogP contribution in [0, 0.1) is 0 Å². The highest BCUT2D eigenvalue weighted by Gasteiger charge is 2.05. The van der Waals surface area contributed by atoms with Gasteiger partial charge in [-0.05, 0) is 24.1 Å². The molecular formula is C14H22BrNO2. The second-order valence-corrected chi connectivity index (χ2v) is 4.69. The molecule has 3 nitrogen and oxygen atoms in total. The second-order valence-electron chi connectivity index (χ2n) is 4.13. The van der Waals surface area contributed by atoms with Crippen molar-refractivity contribution < 1.29 is 9.47 Å². The zero-order chi connectivity index (χ0) is 13.2. The van der Waals surface area contributed by atoms with Crippen molar-refractivity contribution in [2.75, 3.05) is 45.4 Å². The smallest absolute Gasteiger partial charge is 0.0637 e. The van der Waals surface area contributed by atoms with Gasteiger partial charge in [0, 0.05) is 44.9 Å². The molecule has 0 spiro atoms. The van der Waals surface area contributed by atoms with Gasteiger partial charge in [-0.3, -0.25) is 0 Å². The molecule has 0 atom stereocenters. The van der Waals surface area contributed by atoms with Crippen molar-refractivity contribution >= 4 is 21.6 Å². The molecule has 0 aliphatic rings. The van der Waals surface area contributed by atoms with Crippen LogP contribution in [0.5, 0.6) is 0 Å². The lowest BCUT2D eigenvalue weighted by molar-refractivity contribution is 0.191. The van der Waals surface area contributed by atoms with Gasteiger partial charge in [0.1, 0.15) is 0 Å². The Kier molecular flexibility index (Phi) is 8.05. The minimum absolute atomic E-state index is 0.743. The van der Waals surface area contributed by atoms with Crippen LogP contribution in [0.15, 0.2) is 24.3 Å². The van der Waals surface area contributed by atoms with Crippen LogP contribution in [0.2, 0.25) is 0 Å². The van der Waals surface area contributed by atoms with Gasteiger partial charge in [-0.25, -0.2) is 0 Å². The molecule has 0 amide bonds. The first kappa shape index (κ1) is 15.5. The Morgan fingerprint density at radius 1 is 1.00 bits per heavy atom. The van der Waals surface area contributed by atoms with Crippen molar-refractivity contribution in [1.29, 1.82) is 0 Å². The average molecular weight is 316 g/mol. The Bertz CT molecular complexity index is 316. The van der Waals surface area contributed by atoms with Crippen molar-refractivity contribution in [3.8, 4) is 0 Å². The number of halogens is 1. The largest absolute Gasteiger partial charge is 0.385 e. The summed E-state index contributed by atoms with van der Waals surface area (Å²) in [5.41, 5.74) is 2.54. The van der Waals surface area contributed by atoms with Gasteiger partial charge in [0.25, 0.3) is 0 Å². The van der Waals surface area contributed by atoms with E-state index in [0.29, 0.717) is 0 Å². The van der Waals surface area contributed by atoms with Crippen LogP contribution in [0.4, 0.5) is 5.69 Å². The van der Waals surface area contributed by atoms with Crippen LogP contribution < -0.4 is 4.90 Å². The summed E-state index contributed by atoms with van der Waals surface area (Å²) in [6.45, 7) is 3.44. The van der Waals surface area contributed by atoms with Gasteiger partial charge in [0.2, 0.25) is 0 Å². The third-order valence-electron chi connectivity index (χ3n) is 2.80. The summed E-state index contributed by atoms with van der Waals surface area (Å²) in [6.07, 6.45) is 1.03. The number of hydrogen-bond donors (Lipinski definition) is 0. The van der Waals surface area contributed by atoms with E-state index in [1.807, 2.05) is 0 Å². The molecule has 0 heterocycles. The summed E-state index contributed by atoms with van der Waals surface area (Å²) in [6, 6.07) is 8.64. The third kappa shape index (κ3) is 5.38. The fourth-order valence-corrected chi connectivity index (χ4v) is 2.14. The lowest BCUT2D eigenvalue weighted by atomic mass is 10.2. The summed E-state index contributed by atoms with van der Waals surface area (Å²) in [5.74, 6) is 0. The SMILES string of the molecule is COCCCN(CCOC)c1ccc(CBr)cc1. The highest BCUT2D eigenvalue weighted by molar-refractivity contribution is 9.08. The molecule has 0 fully saturated rings. The van der Waals surface area contributed by atoms with E-state index in [9.17, 15) is 0 Å². The number of hydrogen-bond acceptors (Lipinski definition) is 3. The Balaban J connectivity index is 2.60. The van der Waals surface area contributed by atoms with E-state index < -0.39 is 0 Å². The Morgan fingerprint density at radius 3 is 2.22 bits per heavy atom. The zero-order valence-electron chi connectivity index (χ0n) is 11.2. The van der Waals surface area contributed by atoms with Crippen molar-refractivity contribution in [2.24, 2.45) is 0 Å².